The predicted octanol–water partition coefficient (Wildman–Crippen LogP) is 3.46. The van der Waals surface area contributed by atoms with Gasteiger partial charge in [-0.05, 0) is 25.5 Å². The molecule has 0 unspecified atom stereocenters. The van der Waals surface area contributed by atoms with Crippen LogP contribution in [0.5, 0.6) is 0 Å². The van der Waals surface area contributed by atoms with Crippen molar-refractivity contribution in [2.24, 2.45) is 0 Å². The lowest BCUT2D eigenvalue weighted by Crippen LogP contribution is -2.35. The molecule has 0 saturated carbocycles. The van der Waals surface area contributed by atoms with E-state index in [0.717, 1.165) is 15.8 Å². The highest BCUT2D eigenvalue weighted by atomic mass is 32.1. The highest BCUT2D eigenvalue weighted by Gasteiger charge is 2.13. The monoisotopic (exact) mass is 340 g/mol. The molecule has 5 nitrogen and oxygen atoms in total. The lowest BCUT2D eigenvalue weighted by atomic mass is 10.2. The van der Waals surface area contributed by atoms with E-state index in [2.05, 4.69) is 15.3 Å². The number of aryl methyl sites for hydroxylation is 1. The summed E-state index contributed by atoms with van der Waals surface area (Å²) in [5.74, 6) is 0.772. The zero-order valence-corrected chi connectivity index (χ0v) is 14.6. The molecular formula is C18H20N4OS. The van der Waals surface area contributed by atoms with E-state index in [4.69, 9.17) is 0 Å². The Bertz CT molecular complexity index is 831. The summed E-state index contributed by atoms with van der Waals surface area (Å²) < 4.78 is 0. The van der Waals surface area contributed by atoms with E-state index in [1.165, 1.54) is 11.2 Å². The summed E-state index contributed by atoms with van der Waals surface area (Å²) in [5, 5.41) is 4.14. The van der Waals surface area contributed by atoms with E-state index in [9.17, 15) is 4.79 Å². The van der Waals surface area contributed by atoms with Gasteiger partial charge >= 0.3 is 0 Å². The van der Waals surface area contributed by atoms with Crippen molar-refractivity contribution in [2.45, 2.75) is 20.4 Å². The number of anilines is 1. The summed E-state index contributed by atoms with van der Waals surface area (Å²) in [7, 11) is 0. The molecule has 3 rings (SSSR count). The van der Waals surface area contributed by atoms with Crippen LogP contribution in [-0.4, -0.2) is 33.9 Å². The largest absolute Gasteiger partial charge is 0.360 e. The number of rotatable bonds is 6. The lowest BCUT2D eigenvalue weighted by molar-refractivity contribution is -0.129. The maximum Gasteiger partial charge on any atom is 0.242 e. The van der Waals surface area contributed by atoms with Crippen LogP contribution >= 0.6 is 11.3 Å². The SMILES string of the molecule is CCN(Cc1ccccc1)C(=O)CNc1ncnc2sc(C)cc12. The normalized spacial score (nSPS) is 10.8. The van der Waals surface area contributed by atoms with Crippen LogP contribution in [0.2, 0.25) is 0 Å². The van der Waals surface area contributed by atoms with Crippen LogP contribution in [0.25, 0.3) is 10.2 Å². The van der Waals surface area contributed by atoms with Crippen LogP contribution in [0.4, 0.5) is 5.82 Å². The first-order chi connectivity index (χ1) is 11.7. The molecular weight excluding hydrogens is 320 g/mol. The van der Waals surface area contributed by atoms with Crippen LogP contribution < -0.4 is 5.32 Å². The van der Waals surface area contributed by atoms with Crippen molar-refractivity contribution in [1.29, 1.82) is 0 Å². The van der Waals surface area contributed by atoms with Crippen LogP contribution in [0, 0.1) is 6.92 Å². The fraction of sp³-hybridized carbons (Fsp3) is 0.278. The molecule has 3 aromatic rings. The Hall–Kier alpha value is -2.47. The second-order valence-electron chi connectivity index (χ2n) is 5.55. The molecule has 1 amide bonds. The van der Waals surface area contributed by atoms with Crippen LogP contribution in [0.3, 0.4) is 0 Å². The van der Waals surface area contributed by atoms with Gasteiger partial charge in [-0.1, -0.05) is 30.3 Å². The van der Waals surface area contributed by atoms with Gasteiger partial charge in [0, 0.05) is 18.0 Å². The molecule has 6 heteroatoms. The summed E-state index contributed by atoms with van der Waals surface area (Å²) in [5.41, 5.74) is 1.13. The number of hydrogen-bond donors (Lipinski definition) is 1. The molecule has 0 bridgehead atoms. The van der Waals surface area contributed by atoms with E-state index in [1.807, 2.05) is 55.1 Å². The number of nitrogens with zero attached hydrogens (tertiary/aromatic N) is 3. The molecule has 1 aromatic carbocycles. The Balaban J connectivity index is 1.67. The van der Waals surface area contributed by atoms with Gasteiger partial charge < -0.3 is 10.2 Å². The van der Waals surface area contributed by atoms with E-state index >= 15 is 0 Å². The summed E-state index contributed by atoms with van der Waals surface area (Å²) >= 11 is 1.63. The third kappa shape index (κ3) is 3.71. The van der Waals surface area contributed by atoms with E-state index in [0.29, 0.717) is 18.9 Å². The van der Waals surface area contributed by atoms with E-state index in [1.54, 1.807) is 11.3 Å². The van der Waals surface area contributed by atoms with Gasteiger partial charge in [0.2, 0.25) is 5.91 Å². The van der Waals surface area contributed by atoms with Gasteiger partial charge in [-0.25, -0.2) is 9.97 Å². The minimum absolute atomic E-state index is 0.0556. The number of hydrogen-bond acceptors (Lipinski definition) is 5. The van der Waals surface area contributed by atoms with Gasteiger partial charge in [0.1, 0.15) is 17.0 Å². The van der Waals surface area contributed by atoms with Crippen LogP contribution in [-0.2, 0) is 11.3 Å². The minimum atomic E-state index is 0.0556. The standard InChI is InChI=1S/C18H20N4OS/c1-3-22(11-14-7-5-4-6-8-14)16(23)10-19-17-15-9-13(2)24-18(15)21-12-20-17/h4-9,12H,3,10-11H2,1-2H3,(H,19,20,21). The Morgan fingerprint density at radius 1 is 1.25 bits per heavy atom. The van der Waals surface area contributed by atoms with E-state index in [-0.39, 0.29) is 12.5 Å². The highest BCUT2D eigenvalue weighted by molar-refractivity contribution is 7.18. The summed E-state index contributed by atoms with van der Waals surface area (Å²) in [6.45, 7) is 5.55. The van der Waals surface area contributed by atoms with Crippen LogP contribution in [0.15, 0.2) is 42.7 Å². The lowest BCUT2D eigenvalue weighted by Gasteiger charge is -2.21. The first kappa shape index (κ1) is 16.4. The Kier molecular flexibility index (Phi) is 5.05. The number of aromatic nitrogens is 2. The minimum Gasteiger partial charge on any atom is -0.360 e. The molecule has 0 atom stereocenters. The molecule has 2 heterocycles. The molecule has 0 aliphatic heterocycles. The third-order valence-corrected chi connectivity index (χ3v) is 4.77. The van der Waals surface area contributed by atoms with Crippen LogP contribution in [0.1, 0.15) is 17.4 Å². The van der Waals surface area contributed by atoms with Crippen molar-refractivity contribution in [3.63, 3.8) is 0 Å². The molecule has 0 radical (unpaired) electrons. The molecule has 2 aromatic heterocycles. The quantitative estimate of drug-likeness (QED) is 0.746. The van der Waals surface area contributed by atoms with Crippen molar-refractivity contribution in [2.75, 3.05) is 18.4 Å². The average Bonchev–Trinajstić information content (AvgIpc) is 2.99. The molecule has 24 heavy (non-hydrogen) atoms. The zero-order chi connectivity index (χ0) is 16.9. The van der Waals surface area contributed by atoms with Gasteiger partial charge in [0.15, 0.2) is 0 Å². The fourth-order valence-electron chi connectivity index (χ4n) is 2.57. The number of fused-ring (bicyclic) bond motifs is 1. The third-order valence-electron chi connectivity index (χ3n) is 3.81. The molecule has 0 aliphatic carbocycles. The van der Waals surface area contributed by atoms with Crippen molar-refractivity contribution < 1.29 is 4.79 Å². The smallest absolute Gasteiger partial charge is 0.242 e. The number of carbonyl (C=O) groups excluding carboxylic acids is 1. The average molecular weight is 340 g/mol. The fourth-order valence-corrected chi connectivity index (χ4v) is 3.42. The molecule has 1 N–H and O–H groups in total. The first-order valence-corrected chi connectivity index (χ1v) is 8.75. The molecule has 0 fully saturated rings. The molecule has 0 aliphatic rings. The molecule has 0 spiro atoms. The number of amides is 1. The number of nitrogens with one attached hydrogen (secondary N) is 1. The maximum atomic E-state index is 12.5. The number of likely N-dealkylation sites (N-methyl/N-ethyl adjacent to an activating group) is 1. The number of benzene rings is 1. The Morgan fingerprint density at radius 2 is 2.04 bits per heavy atom. The highest BCUT2D eigenvalue weighted by Crippen LogP contribution is 2.27. The zero-order valence-electron chi connectivity index (χ0n) is 13.8. The first-order valence-electron chi connectivity index (χ1n) is 7.94. The topological polar surface area (TPSA) is 58.1 Å². The number of thiophene rings is 1. The van der Waals surface area contributed by atoms with Gasteiger partial charge in [0.25, 0.3) is 0 Å². The Labute approximate surface area is 145 Å². The second kappa shape index (κ2) is 7.40. The summed E-state index contributed by atoms with van der Waals surface area (Å²) in [6.07, 6.45) is 1.53. The van der Waals surface area contributed by atoms with Crippen molar-refractivity contribution in [1.82, 2.24) is 14.9 Å². The predicted molar refractivity (Wildman–Crippen MR) is 98.2 cm³/mol. The molecule has 124 valence electrons. The van der Waals surface area contributed by atoms with E-state index < -0.39 is 0 Å². The van der Waals surface area contributed by atoms with Crippen molar-refractivity contribution in [3.05, 3.63) is 53.2 Å². The van der Waals surface area contributed by atoms with Gasteiger partial charge in [0.05, 0.1) is 11.9 Å². The van der Waals surface area contributed by atoms with Crippen molar-refractivity contribution >= 4 is 33.3 Å². The second-order valence-corrected chi connectivity index (χ2v) is 6.78. The Morgan fingerprint density at radius 3 is 2.79 bits per heavy atom. The van der Waals surface area contributed by atoms with Crippen molar-refractivity contribution in [3.8, 4) is 0 Å². The molecule has 0 saturated heterocycles. The summed E-state index contributed by atoms with van der Waals surface area (Å²) in [4.78, 5) is 25.0. The van der Waals surface area contributed by atoms with Gasteiger partial charge in [-0.3, -0.25) is 4.79 Å². The number of carbonyl (C=O) groups is 1. The van der Waals surface area contributed by atoms with Gasteiger partial charge in [-0.2, -0.15) is 0 Å². The maximum absolute atomic E-state index is 12.5. The van der Waals surface area contributed by atoms with Gasteiger partial charge in [-0.15, -0.1) is 11.3 Å². The summed E-state index contributed by atoms with van der Waals surface area (Å²) in [6, 6.07) is 12.1.